The lowest BCUT2D eigenvalue weighted by molar-refractivity contribution is -1.02. The van der Waals surface area contributed by atoms with E-state index >= 15 is 0 Å². The number of benzene rings is 1. The highest BCUT2D eigenvalue weighted by Gasteiger charge is 2.36. The van der Waals surface area contributed by atoms with Crippen LogP contribution in [0.15, 0.2) is 18.2 Å². The van der Waals surface area contributed by atoms with E-state index in [1.807, 2.05) is 0 Å². The number of nitrogens with zero attached hydrogens (tertiary/aromatic N) is 1. The average molecular weight is 376 g/mol. The van der Waals surface area contributed by atoms with Crippen LogP contribution in [0.3, 0.4) is 0 Å². The molecule has 0 atom stereocenters. The van der Waals surface area contributed by atoms with Gasteiger partial charge in [-0.1, -0.05) is 0 Å². The van der Waals surface area contributed by atoms with Crippen molar-refractivity contribution >= 4 is 5.91 Å². The molecule has 2 fully saturated rings. The number of methoxy groups -OCH3 is 1. The van der Waals surface area contributed by atoms with Crippen molar-refractivity contribution in [3.05, 3.63) is 29.6 Å². The average Bonchev–Trinajstić information content (AvgIpc) is 3.12. The summed E-state index contributed by atoms with van der Waals surface area (Å²) in [4.78, 5) is 15.0. The monoisotopic (exact) mass is 376 g/mol. The fourth-order valence-corrected chi connectivity index (χ4v) is 4.25. The molecule has 1 aliphatic heterocycles. The Hall–Kier alpha value is -2.17. The number of quaternary nitrogens is 2. The molecule has 1 amide bonds. The lowest BCUT2D eigenvalue weighted by Crippen LogP contribution is -3.28. The third kappa shape index (κ3) is 4.96. The summed E-state index contributed by atoms with van der Waals surface area (Å²) in [6.45, 7) is 4.76. The van der Waals surface area contributed by atoms with Crippen LogP contribution in [0.2, 0.25) is 0 Å². The van der Waals surface area contributed by atoms with E-state index in [4.69, 9.17) is 4.74 Å². The minimum Gasteiger partial charge on any atom is -0.496 e. The highest BCUT2D eigenvalue weighted by atomic mass is 19.1. The van der Waals surface area contributed by atoms with Gasteiger partial charge in [0.1, 0.15) is 49.8 Å². The molecule has 1 aromatic carbocycles. The lowest BCUT2D eigenvalue weighted by Gasteiger charge is -2.30. The molecular weight excluding hydrogens is 347 g/mol. The maximum atomic E-state index is 13.5. The molecule has 0 aromatic heterocycles. The largest absolute Gasteiger partial charge is 0.496 e. The Bertz CT molecular complexity index is 704. The summed E-state index contributed by atoms with van der Waals surface area (Å²) < 4.78 is 18.9. The third-order valence-electron chi connectivity index (χ3n) is 5.81. The van der Waals surface area contributed by atoms with E-state index in [0.29, 0.717) is 6.54 Å². The van der Waals surface area contributed by atoms with Crippen molar-refractivity contribution in [3.63, 3.8) is 0 Å². The van der Waals surface area contributed by atoms with Crippen molar-refractivity contribution < 1.29 is 23.7 Å². The van der Waals surface area contributed by atoms with Gasteiger partial charge >= 0.3 is 0 Å². The Balaban J connectivity index is 1.47. The fourth-order valence-electron chi connectivity index (χ4n) is 4.25. The maximum absolute atomic E-state index is 13.5. The second kappa shape index (κ2) is 8.68. The Morgan fingerprint density at radius 3 is 2.56 bits per heavy atom. The summed E-state index contributed by atoms with van der Waals surface area (Å²) in [5.41, 5.74) is 0.239. The number of carbonyl (C=O) groups is 1. The van der Waals surface area contributed by atoms with E-state index in [-0.39, 0.29) is 11.7 Å². The molecule has 1 heterocycles. The maximum Gasteiger partial charge on any atom is 0.276 e. The SMILES string of the molecule is COc1ccc(F)cc1C[NH+]1CC[NH+](CC(=O)NC2(C#N)CCCC2)CC1. The van der Waals surface area contributed by atoms with Crippen molar-refractivity contribution in [2.45, 2.75) is 37.8 Å². The number of carbonyl (C=O) groups excluding carboxylic acids is 1. The molecule has 3 rings (SSSR count). The van der Waals surface area contributed by atoms with Crippen molar-refractivity contribution in [2.24, 2.45) is 0 Å². The molecule has 3 N–H and O–H groups in total. The van der Waals surface area contributed by atoms with Crippen LogP contribution in [-0.2, 0) is 11.3 Å². The van der Waals surface area contributed by atoms with E-state index in [1.165, 1.54) is 15.9 Å². The van der Waals surface area contributed by atoms with Gasteiger partial charge in [-0.3, -0.25) is 4.79 Å². The number of hydrogen-bond acceptors (Lipinski definition) is 3. The zero-order chi connectivity index (χ0) is 19.3. The lowest BCUT2D eigenvalue weighted by atomic mass is 10.00. The third-order valence-corrected chi connectivity index (χ3v) is 5.81. The number of rotatable bonds is 6. The quantitative estimate of drug-likeness (QED) is 0.601. The number of hydrogen-bond donors (Lipinski definition) is 3. The molecule has 0 spiro atoms. The highest BCUT2D eigenvalue weighted by Crippen LogP contribution is 2.28. The molecule has 1 saturated heterocycles. The van der Waals surface area contributed by atoms with Crippen LogP contribution >= 0.6 is 0 Å². The predicted octanol–water partition coefficient (Wildman–Crippen LogP) is -0.930. The fraction of sp³-hybridized carbons (Fsp3) is 0.600. The summed E-state index contributed by atoms with van der Waals surface area (Å²) in [6, 6.07) is 6.93. The number of piperazine rings is 1. The zero-order valence-electron chi connectivity index (χ0n) is 15.9. The van der Waals surface area contributed by atoms with E-state index in [1.54, 1.807) is 19.2 Å². The van der Waals surface area contributed by atoms with Gasteiger partial charge in [-0.2, -0.15) is 5.26 Å². The smallest absolute Gasteiger partial charge is 0.276 e. The first kappa shape index (κ1) is 19.6. The molecule has 1 aromatic rings. The Labute approximate surface area is 159 Å². The summed E-state index contributed by atoms with van der Waals surface area (Å²) >= 11 is 0. The van der Waals surface area contributed by atoms with Crippen LogP contribution < -0.4 is 19.9 Å². The summed E-state index contributed by atoms with van der Waals surface area (Å²) in [7, 11) is 1.60. The van der Waals surface area contributed by atoms with Crippen LogP contribution in [0.5, 0.6) is 5.75 Å². The Morgan fingerprint density at radius 2 is 1.93 bits per heavy atom. The molecule has 1 saturated carbocycles. The molecule has 0 bridgehead atoms. The van der Waals surface area contributed by atoms with Gasteiger partial charge in [0.05, 0.1) is 18.7 Å². The number of halogens is 1. The summed E-state index contributed by atoms with van der Waals surface area (Å²) in [6.07, 6.45) is 3.54. The van der Waals surface area contributed by atoms with Gasteiger partial charge in [-0.15, -0.1) is 0 Å². The molecule has 2 aliphatic rings. The number of amides is 1. The van der Waals surface area contributed by atoms with E-state index in [2.05, 4.69) is 11.4 Å². The minimum atomic E-state index is -0.641. The van der Waals surface area contributed by atoms with Gasteiger partial charge in [0.2, 0.25) is 0 Å². The van der Waals surface area contributed by atoms with E-state index in [9.17, 15) is 14.4 Å². The van der Waals surface area contributed by atoms with Gasteiger partial charge in [-0.25, -0.2) is 4.39 Å². The van der Waals surface area contributed by atoms with E-state index in [0.717, 1.165) is 69.7 Å². The molecule has 7 heteroatoms. The normalized spacial score (nSPS) is 24.2. The first-order valence-electron chi connectivity index (χ1n) is 9.75. The first-order valence-corrected chi connectivity index (χ1v) is 9.75. The van der Waals surface area contributed by atoms with Crippen molar-refractivity contribution in [1.82, 2.24) is 5.32 Å². The second-order valence-electron chi connectivity index (χ2n) is 7.76. The number of nitriles is 1. The van der Waals surface area contributed by atoms with Gasteiger partial charge in [0.15, 0.2) is 6.54 Å². The van der Waals surface area contributed by atoms with Crippen molar-refractivity contribution in [3.8, 4) is 11.8 Å². The predicted molar refractivity (Wildman–Crippen MR) is 97.9 cm³/mol. The minimum absolute atomic E-state index is 0.0244. The molecule has 27 heavy (non-hydrogen) atoms. The summed E-state index contributed by atoms with van der Waals surface area (Å²) in [5, 5.41) is 12.4. The molecule has 146 valence electrons. The van der Waals surface area contributed by atoms with Crippen LogP contribution in [-0.4, -0.2) is 51.3 Å². The molecule has 0 unspecified atom stereocenters. The van der Waals surface area contributed by atoms with Crippen LogP contribution in [0, 0.1) is 17.1 Å². The van der Waals surface area contributed by atoms with E-state index < -0.39 is 5.54 Å². The number of nitrogens with one attached hydrogen (secondary N) is 3. The zero-order valence-corrected chi connectivity index (χ0v) is 15.9. The first-order chi connectivity index (χ1) is 13.0. The Morgan fingerprint density at radius 1 is 1.26 bits per heavy atom. The van der Waals surface area contributed by atoms with Gasteiger partial charge in [0, 0.05) is 0 Å². The molecule has 6 nitrogen and oxygen atoms in total. The number of ether oxygens (including phenoxy) is 1. The van der Waals surface area contributed by atoms with Crippen molar-refractivity contribution in [2.75, 3.05) is 39.8 Å². The van der Waals surface area contributed by atoms with Gasteiger partial charge in [0.25, 0.3) is 5.91 Å². The van der Waals surface area contributed by atoms with Crippen LogP contribution in [0.25, 0.3) is 0 Å². The van der Waals surface area contributed by atoms with Gasteiger partial charge in [-0.05, 0) is 43.9 Å². The Kier molecular flexibility index (Phi) is 6.30. The van der Waals surface area contributed by atoms with Gasteiger partial charge < -0.3 is 19.9 Å². The van der Waals surface area contributed by atoms with Crippen molar-refractivity contribution in [1.29, 1.82) is 5.26 Å². The van der Waals surface area contributed by atoms with Crippen LogP contribution in [0.1, 0.15) is 31.2 Å². The molecular formula is C20H29FN4O2+2. The molecule has 0 radical (unpaired) electrons. The topological polar surface area (TPSA) is 71.0 Å². The summed E-state index contributed by atoms with van der Waals surface area (Å²) in [5.74, 6) is 0.449. The standard InChI is InChI=1S/C20H27FN4O2/c1-27-18-5-4-17(21)12-16(18)13-24-8-10-25(11-9-24)14-19(26)23-20(15-22)6-2-3-7-20/h4-5,12H,2-3,6-11,13-14H2,1H3,(H,23,26)/p+2. The van der Waals surface area contributed by atoms with Crippen LogP contribution in [0.4, 0.5) is 4.39 Å². The molecule has 1 aliphatic carbocycles. The second-order valence-corrected chi connectivity index (χ2v) is 7.76. The highest BCUT2D eigenvalue weighted by molar-refractivity contribution is 5.78.